The first-order chi connectivity index (χ1) is 5.52. The lowest BCUT2D eigenvalue weighted by atomic mass is 9.98. The highest BCUT2D eigenvalue weighted by Crippen LogP contribution is 2.28. The number of allylic oxidation sites excluding steroid dienone is 1. The molecule has 12 heavy (non-hydrogen) atoms. The van der Waals surface area contributed by atoms with Crippen LogP contribution in [0, 0.1) is 11.8 Å². The third-order valence-electron chi connectivity index (χ3n) is 2.18. The number of hydrogen-bond donors (Lipinski definition) is 0. The Kier molecular flexibility index (Phi) is 2.78. The summed E-state index contributed by atoms with van der Waals surface area (Å²) < 4.78 is 0. The third-order valence-corrected chi connectivity index (χ3v) is 2.18. The van der Waals surface area contributed by atoms with Gasteiger partial charge in [0.1, 0.15) is 5.76 Å². The van der Waals surface area contributed by atoms with Crippen LogP contribution in [0.2, 0.25) is 0 Å². The van der Waals surface area contributed by atoms with E-state index in [9.17, 15) is 0 Å². The smallest absolute Gasteiger partial charge is 0.127 e. The lowest BCUT2D eigenvalue weighted by Crippen LogP contribution is -2.13. The molecule has 2 heteroatoms. The largest absolute Gasteiger partial charge is 0.410 e. The van der Waals surface area contributed by atoms with E-state index < -0.39 is 0 Å². The van der Waals surface area contributed by atoms with Crippen LogP contribution in [0.15, 0.2) is 11.3 Å². The molecule has 1 aliphatic rings. The van der Waals surface area contributed by atoms with Crippen LogP contribution in [0.5, 0.6) is 0 Å². The van der Waals surface area contributed by atoms with E-state index in [1.165, 1.54) is 11.3 Å². The molecule has 70 valence electrons. The molecule has 0 radical (unpaired) electrons. The standard InChI is InChI=1S/C10H19NO/c1-7(2)9-6-11(5)12-10(9)8(3)4/h7-8H,6H2,1-5H3. The van der Waals surface area contributed by atoms with Gasteiger partial charge in [-0.15, -0.1) is 5.06 Å². The van der Waals surface area contributed by atoms with Crippen molar-refractivity contribution in [2.24, 2.45) is 11.8 Å². The van der Waals surface area contributed by atoms with E-state index in [-0.39, 0.29) is 0 Å². The zero-order valence-corrected chi connectivity index (χ0v) is 8.72. The number of hydroxylamine groups is 2. The molecular weight excluding hydrogens is 150 g/mol. The minimum absolute atomic E-state index is 0.507. The fraction of sp³-hybridized carbons (Fsp3) is 0.800. The molecule has 0 aromatic heterocycles. The van der Waals surface area contributed by atoms with Crippen LogP contribution in [0.25, 0.3) is 0 Å². The lowest BCUT2D eigenvalue weighted by molar-refractivity contribution is -0.0753. The van der Waals surface area contributed by atoms with Gasteiger partial charge >= 0.3 is 0 Å². The molecule has 0 amide bonds. The van der Waals surface area contributed by atoms with Crippen molar-refractivity contribution < 1.29 is 4.84 Å². The summed E-state index contributed by atoms with van der Waals surface area (Å²) in [5, 5.41) is 1.91. The number of likely N-dealkylation sites (N-methyl/N-ethyl adjacent to an activating group) is 1. The van der Waals surface area contributed by atoms with E-state index in [0.29, 0.717) is 11.8 Å². The van der Waals surface area contributed by atoms with Crippen LogP contribution >= 0.6 is 0 Å². The van der Waals surface area contributed by atoms with Gasteiger partial charge in [-0.2, -0.15) is 0 Å². The van der Waals surface area contributed by atoms with Crippen molar-refractivity contribution in [2.45, 2.75) is 27.7 Å². The fourth-order valence-corrected chi connectivity index (χ4v) is 1.52. The zero-order chi connectivity index (χ0) is 9.30. The number of hydrogen-bond acceptors (Lipinski definition) is 2. The summed E-state index contributed by atoms with van der Waals surface area (Å²) in [4.78, 5) is 5.61. The average Bonchev–Trinajstić information content (AvgIpc) is 2.31. The molecule has 1 heterocycles. The van der Waals surface area contributed by atoms with Crippen molar-refractivity contribution in [1.29, 1.82) is 0 Å². The quantitative estimate of drug-likeness (QED) is 0.629. The van der Waals surface area contributed by atoms with Crippen molar-refractivity contribution in [3.8, 4) is 0 Å². The summed E-state index contributed by atoms with van der Waals surface area (Å²) in [6.07, 6.45) is 0. The zero-order valence-electron chi connectivity index (χ0n) is 8.72. The average molecular weight is 169 g/mol. The molecule has 0 saturated carbocycles. The minimum atomic E-state index is 0.507. The highest BCUT2D eigenvalue weighted by molar-refractivity contribution is 5.17. The van der Waals surface area contributed by atoms with E-state index in [2.05, 4.69) is 27.7 Å². The van der Waals surface area contributed by atoms with Crippen LogP contribution in [-0.4, -0.2) is 18.7 Å². The van der Waals surface area contributed by atoms with E-state index in [1.807, 2.05) is 12.1 Å². The van der Waals surface area contributed by atoms with Gasteiger partial charge in [0.15, 0.2) is 0 Å². The summed E-state index contributed by atoms with van der Waals surface area (Å²) in [7, 11) is 1.98. The molecule has 0 saturated heterocycles. The van der Waals surface area contributed by atoms with Gasteiger partial charge in [-0.05, 0) is 11.5 Å². The van der Waals surface area contributed by atoms with Crippen LogP contribution in [0.1, 0.15) is 27.7 Å². The summed E-state index contributed by atoms with van der Waals surface area (Å²) in [5.74, 6) is 2.28. The van der Waals surface area contributed by atoms with Gasteiger partial charge in [0.2, 0.25) is 0 Å². The van der Waals surface area contributed by atoms with Crippen LogP contribution in [-0.2, 0) is 4.84 Å². The molecule has 0 N–H and O–H groups in total. The maximum atomic E-state index is 5.61. The molecule has 0 bridgehead atoms. The molecule has 0 atom stereocenters. The molecule has 0 aromatic carbocycles. The van der Waals surface area contributed by atoms with Crippen molar-refractivity contribution >= 4 is 0 Å². The maximum absolute atomic E-state index is 5.61. The normalized spacial score (nSPS) is 19.6. The fourth-order valence-electron chi connectivity index (χ4n) is 1.52. The number of rotatable bonds is 2. The van der Waals surface area contributed by atoms with E-state index in [1.54, 1.807) is 0 Å². The molecule has 1 rings (SSSR count). The molecule has 0 aromatic rings. The predicted molar refractivity (Wildman–Crippen MR) is 50.4 cm³/mol. The van der Waals surface area contributed by atoms with Crippen molar-refractivity contribution in [2.75, 3.05) is 13.6 Å². The molecule has 0 fully saturated rings. The van der Waals surface area contributed by atoms with Crippen molar-refractivity contribution in [1.82, 2.24) is 5.06 Å². The Balaban J connectivity index is 2.81. The summed E-state index contributed by atoms with van der Waals surface area (Å²) >= 11 is 0. The summed E-state index contributed by atoms with van der Waals surface area (Å²) in [5.41, 5.74) is 1.45. The van der Waals surface area contributed by atoms with E-state index in [4.69, 9.17) is 4.84 Å². The molecule has 0 spiro atoms. The maximum Gasteiger partial charge on any atom is 0.127 e. The van der Waals surface area contributed by atoms with Gasteiger partial charge < -0.3 is 4.84 Å². The first-order valence-corrected chi connectivity index (χ1v) is 4.64. The van der Waals surface area contributed by atoms with Gasteiger partial charge in [-0.1, -0.05) is 27.7 Å². The highest BCUT2D eigenvalue weighted by atomic mass is 16.7. The Bertz CT molecular complexity index is 174. The summed E-state index contributed by atoms with van der Waals surface area (Å²) in [6, 6.07) is 0. The second kappa shape index (κ2) is 3.48. The minimum Gasteiger partial charge on any atom is -0.410 e. The molecule has 2 nitrogen and oxygen atoms in total. The van der Waals surface area contributed by atoms with Gasteiger partial charge in [0.05, 0.1) is 6.54 Å². The Labute approximate surface area is 75.2 Å². The van der Waals surface area contributed by atoms with Gasteiger partial charge in [0.25, 0.3) is 0 Å². The van der Waals surface area contributed by atoms with Gasteiger partial charge in [-0.25, -0.2) is 0 Å². The van der Waals surface area contributed by atoms with Crippen LogP contribution in [0.3, 0.4) is 0 Å². The molecule has 1 aliphatic heterocycles. The Hall–Kier alpha value is -0.500. The second-order valence-corrected chi connectivity index (χ2v) is 4.08. The van der Waals surface area contributed by atoms with Crippen molar-refractivity contribution in [3.05, 3.63) is 11.3 Å². The Morgan fingerprint density at radius 2 is 1.75 bits per heavy atom. The highest BCUT2D eigenvalue weighted by Gasteiger charge is 2.24. The Morgan fingerprint density at radius 3 is 2.08 bits per heavy atom. The van der Waals surface area contributed by atoms with E-state index in [0.717, 1.165) is 6.54 Å². The Morgan fingerprint density at radius 1 is 1.17 bits per heavy atom. The van der Waals surface area contributed by atoms with Crippen molar-refractivity contribution in [3.63, 3.8) is 0 Å². The van der Waals surface area contributed by atoms with Crippen LogP contribution in [0.4, 0.5) is 0 Å². The number of nitrogens with zero attached hydrogens (tertiary/aromatic N) is 1. The topological polar surface area (TPSA) is 12.5 Å². The van der Waals surface area contributed by atoms with Crippen LogP contribution < -0.4 is 0 Å². The predicted octanol–water partition coefficient (Wildman–Crippen LogP) is 2.43. The lowest BCUT2D eigenvalue weighted by Gasteiger charge is -2.12. The van der Waals surface area contributed by atoms with E-state index >= 15 is 0 Å². The van der Waals surface area contributed by atoms with Gasteiger partial charge in [-0.3, -0.25) is 0 Å². The SMILES string of the molecule is CC(C)C1=C(C(C)C)ON(C)C1. The first kappa shape index (κ1) is 9.59. The monoisotopic (exact) mass is 169 g/mol. The molecule has 0 unspecified atom stereocenters. The van der Waals surface area contributed by atoms with Gasteiger partial charge in [0, 0.05) is 13.0 Å². The third kappa shape index (κ3) is 1.81. The first-order valence-electron chi connectivity index (χ1n) is 4.64. The second-order valence-electron chi connectivity index (χ2n) is 4.08. The summed E-state index contributed by atoms with van der Waals surface area (Å²) in [6.45, 7) is 9.76. The molecule has 0 aliphatic carbocycles. The molecular formula is C10H19NO.